The number of amides is 2. The Balaban J connectivity index is 1.45. The minimum Gasteiger partial charge on any atom is -0.454 e. The van der Waals surface area contributed by atoms with Crippen molar-refractivity contribution in [2.75, 3.05) is 17.1 Å². The molecule has 2 amide bonds. The smallest absolute Gasteiger partial charge is 0.324 e. The zero-order chi connectivity index (χ0) is 20.2. The van der Waals surface area contributed by atoms with Crippen molar-refractivity contribution in [2.45, 2.75) is 33.5 Å². The third-order valence-corrected chi connectivity index (χ3v) is 5.43. The first-order valence-electron chi connectivity index (χ1n) is 9.73. The number of benzene rings is 2. The van der Waals surface area contributed by atoms with E-state index < -0.39 is 0 Å². The number of para-hydroxylation sites is 1. The number of carbonyl (C=O) groups is 1. The molecule has 7 heteroatoms. The molecule has 1 atom stereocenters. The molecule has 150 valence electrons. The van der Waals surface area contributed by atoms with E-state index in [1.807, 2.05) is 29.2 Å². The summed E-state index contributed by atoms with van der Waals surface area (Å²) in [6, 6.07) is 13.4. The van der Waals surface area contributed by atoms with Gasteiger partial charge in [-0.2, -0.15) is 0 Å². The van der Waals surface area contributed by atoms with Crippen LogP contribution in [0, 0.1) is 5.41 Å². The summed E-state index contributed by atoms with van der Waals surface area (Å²) in [5.41, 5.74) is 7.43. The molecular formula is C22H24N4O3. The van der Waals surface area contributed by atoms with Gasteiger partial charge >= 0.3 is 6.03 Å². The van der Waals surface area contributed by atoms with Gasteiger partial charge in [-0.3, -0.25) is 15.3 Å². The van der Waals surface area contributed by atoms with Crippen LogP contribution in [-0.2, 0) is 6.54 Å². The van der Waals surface area contributed by atoms with Gasteiger partial charge in [0, 0.05) is 22.9 Å². The second kappa shape index (κ2) is 6.34. The lowest BCUT2D eigenvalue weighted by molar-refractivity contribution is 0.174. The van der Waals surface area contributed by atoms with Gasteiger partial charge in [-0.05, 0) is 29.8 Å². The highest BCUT2D eigenvalue weighted by Gasteiger charge is 2.40. The molecule has 3 aliphatic rings. The van der Waals surface area contributed by atoms with E-state index in [1.165, 1.54) is 0 Å². The molecule has 2 aromatic rings. The zero-order valence-electron chi connectivity index (χ0n) is 16.7. The number of hydrogen-bond acceptors (Lipinski definition) is 5. The fourth-order valence-electron chi connectivity index (χ4n) is 3.82. The standard InChI is InChI=1S/C22H24N4O3/c1-22(2,3)19-11-20-25(12-14-6-4-5-7-16(14)26(20)24-19)21(27)23-15-8-9-17-18(10-15)29-13-28-17/h4-11,20,24H,12-13H2,1-3H3,(H,23,27). The molecule has 3 aliphatic heterocycles. The maximum atomic E-state index is 13.2. The monoisotopic (exact) mass is 392 g/mol. The fraction of sp³-hybridized carbons (Fsp3) is 0.318. The number of rotatable bonds is 1. The van der Waals surface area contributed by atoms with Gasteiger partial charge in [0.25, 0.3) is 0 Å². The van der Waals surface area contributed by atoms with Crippen LogP contribution < -0.4 is 25.2 Å². The topological polar surface area (TPSA) is 66.1 Å². The number of anilines is 2. The van der Waals surface area contributed by atoms with Gasteiger partial charge in [0.1, 0.15) is 6.17 Å². The Morgan fingerprint density at radius 2 is 1.93 bits per heavy atom. The molecular weight excluding hydrogens is 368 g/mol. The Hall–Kier alpha value is -3.35. The lowest BCUT2D eigenvalue weighted by Crippen LogP contribution is -2.55. The van der Waals surface area contributed by atoms with Crippen LogP contribution in [0.5, 0.6) is 11.5 Å². The number of hydrazine groups is 1. The van der Waals surface area contributed by atoms with Gasteiger partial charge in [0.05, 0.1) is 12.2 Å². The van der Waals surface area contributed by atoms with Crippen LogP contribution >= 0.6 is 0 Å². The molecule has 5 rings (SSSR count). The van der Waals surface area contributed by atoms with Crippen molar-refractivity contribution in [2.24, 2.45) is 5.41 Å². The molecule has 2 aromatic carbocycles. The number of urea groups is 1. The largest absolute Gasteiger partial charge is 0.454 e. The van der Waals surface area contributed by atoms with E-state index in [1.54, 1.807) is 6.07 Å². The van der Waals surface area contributed by atoms with Crippen molar-refractivity contribution < 1.29 is 14.3 Å². The number of ether oxygens (including phenoxy) is 2. The van der Waals surface area contributed by atoms with Crippen LogP contribution in [0.2, 0.25) is 0 Å². The first-order chi connectivity index (χ1) is 13.9. The summed E-state index contributed by atoms with van der Waals surface area (Å²) in [4.78, 5) is 15.1. The Bertz CT molecular complexity index is 1010. The van der Waals surface area contributed by atoms with Crippen molar-refractivity contribution in [1.29, 1.82) is 0 Å². The number of nitrogens with zero attached hydrogens (tertiary/aromatic N) is 2. The van der Waals surface area contributed by atoms with Gasteiger partial charge in [0.2, 0.25) is 6.79 Å². The minimum atomic E-state index is -0.201. The molecule has 7 nitrogen and oxygen atoms in total. The van der Waals surface area contributed by atoms with Crippen LogP contribution in [0.15, 0.2) is 54.2 Å². The number of carbonyl (C=O) groups excluding carboxylic acids is 1. The first-order valence-corrected chi connectivity index (χ1v) is 9.73. The molecule has 0 saturated carbocycles. The highest BCUT2D eigenvalue weighted by molar-refractivity contribution is 5.91. The Labute approximate surface area is 169 Å². The quantitative estimate of drug-likeness (QED) is 0.767. The van der Waals surface area contributed by atoms with E-state index in [4.69, 9.17) is 9.47 Å². The van der Waals surface area contributed by atoms with Gasteiger partial charge in [0.15, 0.2) is 11.5 Å². The second-order valence-corrected chi connectivity index (χ2v) is 8.48. The van der Waals surface area contributed by atoms with Gasteiger partial charge in [-0.1, -0.05) is 39.0 Å². The van der Waals surface area contributed by atoms with Crippen LogP contribution in [0.3, 0.4) is 0 Å². The summed E-state index contributed by atoms with van der Waals surface area (Å²) in [5, 5.41) is 5.07. The number of allylic oxidation sites excluding steroid dienone is 1. The molecule has 0 saturated heterocycles. The van der Waals surface area contributed by atoms with Crippen molar-refractivity contribution in [3.63, 3.8) is 0 Å². The number of fused-ring (bicyclic) bond motifs is 4. The Morgan fingerprint density at radius 3 is 2.76 bits per heavy atom. The fourth-order valence-corrected chi connectivity index (χ4v) is 3.82. The SMILES string of the molecule is CC(C)(C)C1=CC2N(C(=O)Nc3ccc4c(c3)OCO4)Cc3ccccc3N2N1. The summed E-state index contributed by atoms with van der Waals surface area (Å²) in [6.45, 7) is 7.22. The summed E-state index contributed by atoms with van der Waals surface area (Å²) < 4.78 is 10.8. The average molecular weight is 392 g/mol. The van der Waals surface area contributed by atoms with Gasteiger partial charge < -0.3 is 14.8 Å². The lowest BCUT2D eigenvalue weighted by atomic mass is 9.92. The van der Waals surface area contributed by atoms with E-state index >= 15 is 0 Å². The Kier molecular flexibility index (Phi) is 3.87. The van der Waals surface area contributed by atoms with Crippen LogP contribution in [0.4, 0.5) is 16.2 Å². The number of hydrogen-bond donors (Lipinski definition) is 2. The maximum Gasteiger partial charge on any atom is 0.324 e. The van der Waals surface area contributed by atoms with Crippen molar-refractivity contribution >= 4 is 17.4 Å². The third-order valence-electron chi connectivity index (χ3n) is 5.43. The molecule has 0 bridgehead atoms. The maximum absolute atomic E-state index is 13.2. The van der Waals surface area contributed by atoms with E-state index in [-0.39, 0.29) is 24.4 Å². The summed E-state index contributed by atoms with van der Waals surface area (Å²) in [5.74, 6) is 1.34. The van der Waals surface area contributed by atoms with E-state index in [0.717, 1.165) is 16.9 Å². The van der Waals surface area contributed by atoms with E-state index in [9.17, 15) is 4.79 Å². The van der Waals surface area contributed by atoms with E-state index in [2.05, 4.69) is 54.7 Å². The highest BCUT2D eigenvalue weighted by Crippen LogP contribution is 2.38. The van der Waals surface area contributed by atoms with Crippen LogP contribution in [0.1, 0.15) is 26.3 Å². The molecule has 2 N–H and O–H groups in total. The molecule has 1 unspecified atom stereocenters. The van der Waals surface area contributed by atoms with Crippen molar-refractivity contribution in [3.8, 4) is 11.5 Å². The normalized spacial score (nSPS) is 19.3. The zero-order valence-corrected chi connectivity index (χ0v) is 16.7. The van der Waals surface area contributed by atoms with Crippen molar-refractivity contribution in [1.82, 2.24) is 10.3 Å². The van der Waals surface area contributed by atoms with Crippen LogP contribution in [0.25, 0.3) is 0 Å². The predicted octanol–water partition coefficient (Wildman–Crippen LogP) is 4.04. The molecule has 0 aromatic heterocycles. The molecule has 29 heavy (non-hydrogen) atoms. The van der Waals surface area contributed by atoms with Crippen molar-refractivity contribution in [3.05, 3.63) is 59.8 Å². The average Bonchev–Trinajstić information content (AvgIpc) is 3.34. The third kappa shape index (κ3) is 3.03. The van der Waals surface area contributed by atoms with Crippen LogP contribution in [-0.4, -0.2) is 23.9 Å². The summed E-state index contributed by atoms with van der Waals surface area (Å²) in [6.07, 6.45) is 1.93. The second-order valence-electron chi connectivity index (χ2n) is 8.48. The minimum absolute atomic E-state index is 0.0498. The lowest BCUT2D eigenvalue weighted by Gasteiger charge is -2.41. The predicted molar refractivity (Wildman–Crippen MR) is 111 cm³/mol. The molecule has 0 fully saturated rings. The highest BCUT2D eigenvalue weighted by atomic mass is 16.7. The molecule has 0 radical (unpaired) electrons. The van der Waals surface area contributed by atoms with Gasteiger partial charge in [-0.25, -0.2) is 4.79 Å². The van der Waals surface area contributed by atoms with Gasteiger partial charge in [-0.15, -0.1) is 0 Å². The Morgan fingerprint density at radius 1 is 1.14 bits per heavy atom. The number of nitrogens with one attached hydrogen (secondary N) is 2. The summed E-state index contributed by atoms with van der Waals surface area (Å²) >= 11 is 0. The molecule has 0 spiro atoms. The molecule has 3 heterocycles. The first kappa shape index (κ1) is 17.7. The molecule has 0 aliphatic carbocycles. The summed E-state index contributed by atoms with van der Waals surface area (Å²) in [7, 11) is 0. The van der Waals surface area contributed by atoms with E-state index in [0.29, 0.717) is 23.7 Å².